The number of ether oxygens (including phenoxy) is 1. The van der Waals surface area contributed by atoms with Gasteiger partial charge in [0.2, 0.25) is 0 Å². The number of alkyl halides is 1. The number of halogens is 1. The molecule has 0 spiro atoms. The first-order valence-corrected chi connectivity index (χ1v) is 7.14. The molecule has 3 rings (SSSR count). The fraction of sp³-hybridized carbons (Fsp3) is 0.750. The summed E-state index contributed by atoms with van der Waals surface area (Å²) in [4.78, 5) is 6.55. The second kappa shape index (κ2) is 4.90. The zero-order chi connectivity index (χ0) is 11.7. The summed E-state index contributed by atoms with van der Waals surface area (Å²) in [5.74, 6) is 0. The molecule has 2 fully saturated rings. The molecule has 0 N–H and O–H groups in total. The highest BCUT2D eigenvalue weighted by atomic mass is 32.1. The van der Waals surface area contributed by atoms with Gasteiger partial charge in [0, 0.05) is 18.2 Å². The van der Waals surface area contributed by atoms with E-state index in [1.165, 1.54) is 0 Å². The second-order valence-corrected chi connectivity index (χ2v) is 5.63. The van der Waals surface area contributed by atoms with Gasteiger partial charge in [0.25, 0.3) is 0 Å². The van der Waals surface area contributed by atoms with Gasteiger partial charge in [0.05, 0.1) is 18.7 Å². The molecule has 3 nitrogen and oxygen atoms in total. The van der Waals surface area contributed by atoms with Crippen LogP contribution in [0.3, 0.4) is 0 Å². The summed E-state index contributed by atoms with van der Waals surface area (Å²) < 4.78 is 19.4. The summed E-state index contributed by atoms with van der Waals surface area (Å²) >= 11 is 1.60. The quantitative estimate of drug-likeness (QED) is 0.831. The van der Waals surface area contributed by atoms with Crippen molar-refractivity contribution in [3.05, 3.63) is 11.6 Å². The van der Waals surface area contributed by atoms with E-state index in [0.29, 0.717) is 19.1 Å². The van der Waals surface area contributed by atoms with Crippen LogP contribution in [0.25, 0.3) is 0 Å². The van der Waals surface area contributed by atoms with Gasteiger partial charge in [-0.15, -0.1) is 11.3 Å². The molecule has 1 saturated heterocycles. The minimum atomic E-state index is -0.709. The third-order valence-corrected chi connectivity index (χ3v) is 4.48. The average Bonchev–Trinajstić information content (AvgIpc) is 3.04. The van der Waals surface area contributed by atoms with Crippen molar-refractivity contribution < 1.29 is 9.13 Å². The molecule has 1 aliphatic heterocycles. The predicted octanol–water partition coefficient (Wildman–Crippen LogP) is 2.63. The molecule has 1 aromatic heterocycles. The Bertz CT molecular complexity index is 353. The maximum Gasteiger partial charge on any atom is 0.185 e. The molecule has 2 aliphatic rings. The fourth-order valence-electron chi connectivity index (χ4n) is 2.86. The predicted molar refractivity (Wildman–Crippen MR) is 66.4 cm³/mol. The molecule has 5 heteroatoms. The van der Waals surface area contributed by atoms with E-state index in [1.54, 1.807) is 17.5 Å². The van der Waals surface area contributed by atoms with Crippen LogP contribution in [0, 0.1) is 0 Å². The highest BCUT2D eigenvalue weighted by molar-refractivity contribution is 7.13. The van der Waals surface area contributed by atoms with Gasteiger partial charge in [-0.25, -0.2) is 9.37 Å². The van der Waals surface area contributed by atoms with Gasteiger partial charge < -0.3 is 9.64 Å². The lowest BCUT2D eigenvalue weighted by Gasteiger charge is -2.34. The van der Waals surface area contributed by atoms with Crippen LogP contribution in [0.15, 0.2) is 11.6 Å². The molecule has 0 bridgehead atoms. The molecule has 1 saturated carbocycles. The van der Waals surface area contributed by atoms with E-state index < -0.39 is 6.17 Å². The number of hydrogen-bond acceptors (Lipinski definition) is 4. The van der Waals surface area contributed by atoms with Crippen molar-refractivity contribution in [2.45, 2.75) is 43.9 Å². The van der Waals surface area contributed by atoms with Crippen LogP contribution < -0.4 is 4.90 Å². The van der Waals surface area contributed by atoms with Gasteiger partial charge in [-0.2, -0.15) is 0 Å². The molecule has 94 valence electrons. The van der Waals surface area contributed by atoms with E-state index in [0.717, 1.165) is 31.0 Å². The highest BCUT2D eigenvalue weighted by Gasteiger charge is 2.38. The topological polar surface area (TPSA) is 25.4 Å². The van der Waals surface area contributed by atoms with Crippen LogP contribution in [0.4, 0.5) is 9.52 Å². The minimum absolute atomic E-state index is 0.00727. The summed E-state index contributed by atoms with van der Waals surface area (Å²) in [6.07, 6.45) is 4.70. The van der Waals surface area contributed by atoms with Crippen molar-refractivity contribution in [2.75, 3.05) is 18.1 Å². The standard InChI is InChI=1S/C12H17FN2OS/c13-10-2-1-3-11(10)15(9-4-6-16-8-9)12-14-5-7-17-12/h5,7,9-11H,1-4,6,8H2/t9?,10-,11-/m1/s1. The minimum Gasteiger partial charge on any atom is -0.379 e. The SMILES string of the molecule is F[C@@H]1CCC[C@H]1N(c1nccs1)C1CCOC1. The molecule has 2 heterocycles. The third kappa shape index (κ3) is 2.18. The first kappa shape index (κ1) is 11.4. The normalized spacial score (nSPS) is 33.1. The molecule has 1 aliphatic carbocycles. The highest BCUT2D eigenvalue weighted by Crippen LogP contribution is 2.34. The Kier molecular flexibility index (Phi) is 3.29. The monoisotopic (exact) mass is 256 g/mol. The first-order chi connectivity index (χ1) is 8.36. The first-order valence-electron chi connectivity index (χ1n) is 6.26. The van der Waals surface area contributed by atoms with Gasteiger partial charge in [-0.05, 0) is 25.7 Å². The van der Waals surface area contributed by atoms with Crippen LogP contribution in [-0.4, -0.2) is 36.5 Å². The molecule has 1 unspecified atom stereocenters. The molecule has 0 radical (unpaired) electrons. The Hall–Kier alpha value is -0.680. The van der Waals surface area contributed by atoms with Crippen molar-refractivity contribution in [3.63, 3.8) is 0 Å². The largest absolute Gasteiger partial charge is 0.379 e. The Morgan fingerprint density at radius 1 is 1.41 bits per heavy atom. The Balaban J connectivity index is 1.85. The molecular formula is C12H17FN2OS. The van der Waals surface area contributed by atoms with Crippen molar-refractivity contribution >= 4 is 16.5 Å². The van der Waals surface area contributed by atoms with E-state index in [4.69, 9.17) is 4.74 Å². The maximum absolute atomic E-state index is 14.0. The van der Waals surface area contributed by atoms with Crippen LogP contribution in [0.1, 0.15) is 25.7 Å². The van der Waals surface area contributed by atoms with Crippen LogP contribution in [0.2, 0.25) is 0 Å². The number of aromatic nitrogens is 1. The summed E-state index contributed by atoms with van der Waals surface area (Å²) in [6.45, 7) is 1.50. The number of thiazole rings is 1. The third-order valence-electron chi connectivity index (χ3n) is 3.69. The molecule has 0 aromatic carbocycles. The van der Waals surface area contributed by atoms with Crippen molar-refractivity contribution in [3.8, 4) is 0 Å². The lowest BCUT2D eigenvalue weighted by Crippen LogP contribution is -2.46. The van der Waals surface area contributed by atoms with Gasteiger partial charge in [-0.3, -0.25) is 0 Å². The zero-order valence-electron chi connectivity index (χ0n) is 9.72. The van der Waals surface area contributed by atoms with Gasteiger partial charge in [0.15, 0.2) is 5.13 Å². The summed E-state index contributed by atoms with van der Waals surface area (Å²) in [5.41, 5.74) is 0. The van der Waals surface area contributed by atoms with Crippen LogP contribution in [-0.2, 0) is 4.74 Å². The lowest BCUT2D eigenvalue weighted by atomic mass is 10.1. The number of hydrogen-bond donors (Lipinski definition) is 0. The Labute approximate surface area is 105 Å². The molecule has 1 aromatic rings. The lowest BCUT2D eigenvalue weighted by molar-refractivity contribution is 0.189. The van der Waals surface area contributed by atoms with Crippen molar-refractivity contribution in [1.29, 1.82) is 0 Å². The van der Waals surface area contributed by atoms with Gasteiger partial charge in [0.1, 0.15) is 6.17 Å². The second-order valence-electron chi connectivity index (χ2n) is 4.75. The van der Waals surface area contributed by atoms with E-state index in [-0.39, 0.29) is 6.04 Å². The van der Waals surface area contributed by atoms with Crippen LogP contribution >= 0.6 is 11.3 Å². The molecular weight excluding hydrogens is 239 g/mol. The molecule has 0 amide bonds. The smallest absolute Gasteiger partial charge is 0.185 e. The number of anilines is 1. The Morgan fingerprint density at radius 3 is 2.94 bits per heavy atom. The van der Waals surface area contributed by atoms with Gasteiger partial charge in [-0.1, -0.05) is 0 Å². The Morgan fingerprint density at radius 2 is 2.35 bits per heavy atom. The summed E-state index contributed by atoms with van der Waals surface area (Å²) in [5, 5.41) is 2.91. The van der Waals surface area contributed by atoms with Gasteiger partial charge >= 0.3 is 0 Å². The fourth-order valence-corrected chi connectivity index (χ4v) is 3.63. The van der Waals surface area contributed by atoms with E-state index in [1.807, 2.05) is 5.38 Å². The molecule has 17 heavy (non-hydrogen) atoms. The van der Waals surface area contributed by atoms with Crippen molar-refractivity contribution in [1.82, 2.24) is 4.98 Å². The molecule has 3 atom stereocenters. The summed E-state index contributed by atoms with van der Waals surface area (Å²) in [7, 11) is 0. The van der Waals surface area contributed by atoms with Crippen molar-refractivity contribution in [2.24, 2.45) is 0 Å². The van der Waals surface area contributed by atoms with E-state index in [9.17, 15) is 4.39 Å². The van der Waals surface area contributed by atoms with E-state index in [2.05, 4.69) is 9.88 Å². The van der Waals surface area contributed by atoms with Crippen LogP contribution in [0.5, 0.6) is 0 Å². The van der Waals surface area contributed by atoms with E-state index >= 15 is 0 Å². The summed E-state index contributed by atoms with van der Waals surface area (Å²) in [6, 6.07) is 0.315. The number of rotatable bonds is 3. The average molecular weight is 256 g/mol. The maximum atomic E-state index is 14.0. The number of nitrogens with zero attached hydrogens (tertiary/aromatic N) is 2. The zero-order valence-corrected chi connectivity index (χ0v) is 10.5.